The Bertz CT molecular complexity index is 550. The third-order valence-corrected chi connectivity index (χ3v) is 3.90. The Morgan fingerprint density at radius 3 is 2.94 bits per heavy atom. The lowest BCUT2D eigenvalue weighted by atomic mass is 10.1. The van der Waals surface area contributed by atoms with E-state index in [1.807, 2.05) is 23.0 Å². The van der Waals surface area contributed by atoms with Gasteiger partial charge in [-0.3, -0.25) is 4.68 Å². The molecule has 2 aromatic rings. The normalized spacial score (nSPS) is 17.2. The molecule has 0 amide bonds. The van der Waals surface area contributed by atoms with Gasteiger partial charge in [-0.15, -0.1) is 0 Å². The van der Waals surface area contributed by atoms with Gasteiger partial charge in [-0.2, -0.15) is 5.10 Å². The van der Waals surface area contributed by atoms with Gasteiger partial charge in [0.25, 0.3) is 0 Å². The number of aromatic nitrogens is 2. The number of nitrogen functional groups attached to an aromatic ring is 1. The number of rotatable bonds is 4. The van der Waals surface area contributed by atoms with Crippen molar-refractivity contribution >= 4 is 28.2 Å². The number of halogens is 1. The smallest absolute Gasteiger partial charge is 0.0939 e. The molecular weight excluding hydrogens is 250 g/mol. The van der Waals surface area contributed by atoms with Gasteiger partial charge in [-0.1, -0.05) is 11.6 Å². The van der Waals surface area contributed by atoms with Gasteiger partial charge in [0.05, 0.1) is 22.8 Å². The molecule has 0 atom stereocenters. The predicted octanol–water partition coefficient (Wildman–Crippen LogP) is 2.70. The van der Waals surface area contributed by atoms with Crippen molar-refractivity contribution in [2.75, 3.05) is 19.5 Å². The van der Waals surface area contributed by atoms with E-state index in [0.717, 1.165) is 24.1 Å². The molecule has 1 aliphatic carbocycles. The van der Waals surface area contributed by atoms with Crippen LogP contribution in [0.2, 0.25) is 5.02 Å². The number of fused-ring (bicyclic) bond motifs is 1. The molecule has 0 aliphatic heterocycles. The summed E-state index contributed by atoms with van der Waals surface area (Å²) in [4.78, 5) is 0. The van der Waals surface area contributed by atoms with E-state index in [2.05, 4.69) is 5.10 Å². The predicted molar refractivity (Wildman–Crippen MR) is 72.7 cm³/mol. The molecule has 4 nitrogen and oxygen atoms in total. The van der Waals surface area contributed by atoms with Crippen molar-refractivity contribution in [2.24, 2.45) is 5.41 Å². The Morgan fingerprint density at radius 2 is 2.28 bits per heavy atom. The highest BCUT2D eigenvalue weighted by Gasteiger charge is 2.43. The van der Waals surface area contributed by atoms with E-state index in [-0.39, 0.29) is 5.41 Å². The molecule has 18 heavy (non-hydrogen) atoms. The minimum absolute atomic E-state index is 0.284. The summed E-state index contributed by atoms with van der Waals surface area (Å²) in [5.41, 5.74) is 7.57. The number of nitrogens with two attached hydrogens (primary N) is 1. The van der Waals surface area contributed by atoms with Gasteiger partial charge >= 0.3 is 0 Å². The number of hydrogen-bond acceptors (Lipinski definition) is 3. The summed E-state index contributed by atoms with van der Waals surface area (Å²) < 4.78 is 7.25. The lowest BCUT2D eigenvalue weighted by molar-refractivity contribution is 0.129. The summed E-state index contributed by atoms with van der Waals surface area (Å²) in [6.07, 6.45) is 4.44. The zero-order chi connectivity index (χ0) is 12.8. The molecule has 0 unspecified atom stereocenters. The molecule has 3 rings (SSSR count). The first-order valence-electron chi connectivity index (χ1n) is 6.03. The average molecular weight is 266 g/mol. The number of nitrogens with zero attached hydrogens (tertiary/aromatic N) is 2. The van der Waals surface area contributed by atoms with Gasteiger partial charge in [0.1, 0.15) is 0 Å². The summed E-state index contributed by atoms with van der Waals surface area (Å²) in [5.74, 6) is 0. The maximum Gasteiger partial charge on any atom is 0.0939 e. The molecule has 0 radical (unpaired) electrons. The minimum Gasteiger partial charge on any atom is -0.398 e. The topological polar surface area (TPSA) is 53.1 Å². The summed E-state index contributed by atoms with van der Waals surface area (Å²) >= 11 is 6.00. The van der Waals surface area contributed by atoms with Crippen LogP contribution in [0, 0.1) is 5.41 Å². The van der Waals surface area contributed by atoms with Crippen LogP contribution < -0.4 is 5.73 Å². The Labute approximate surface area is 111 Å². The van der Waals surface area contributed by atoms with E-state index >= 15 is 0 Å². The first kappa shape index (κ1) is 11.8. The first-order valence-corrected chi connectivity index (χ1v) is 6.41. The second-order valence-electron chi connectivity index (χ2n) is 5.19. The van der Waals surface area contributed by atoms with Crippen LogP contribution in [0.4, 0.5) is 5.69 Å². The minimum atomic E-state index is 0.284. The van der Waals surface area contributed by atoms with Crippen LogP contribution in [0.15, 0.2) is 18.3 Å². The van der Waals surface area contributed by atoms with Crippen LogP contribution in [0.1, 0.15) is 12.8 Å². The lowest BCUT2D eigenvalue weighted by Gasteiger charge is -2.13. The third kappa shape index (κ3) is 2.06. The number of ether oxygens (including phenoxy) is 1. The van der Waals surface area contributed by atoms with Gasteiger partial charge in [0.15, 0.2) is 0 Å². The van der Waals surface area contributed by atoms with Crippen LogP contribution in [0.5, 0.6) is 0 Å². The second-order valence-corrected chi connectivity index (χ2v) is 5.60. The van der Waals surface area contributed by atoms with Crippen molar-refractivity contribution < 1.29 is 4.74 Å². The molecule has 96 valence electrons. The van der Waals surface area contributed by atoms with Gasteiger partial charge in [-0.25, -0.2) is 0 Å². The van der Waals surface area contributed by atoms with Crippen molar-refractivity contribution in [2.45, 2.75) is 19.4 Å². The number of anilines is 1. The molecule has 5 heteroatoms. The highest BCUT2D eigenvalue weighted by atomic mass is 35.5. The number of hydrogen-bond donors (Lipinski definition) is 1. The van der Waals surface area contributed by atoms with E-state index in [0.29, 0.717) is 10.7 Å². The molecular formula is C13H16ClN3O. The van der Waals surface area contributed by atoms with Gasteiger partial charge < -0.3 is 10.5 Å². The van der Waals surface area contributed by atoms with Crippen molar-refractivity contribution in [3.63, 3.8) is 0 Å². The van der Waals surface area contributed by atoms with Crippen molar-refractivity contribution in [3.05, 3.63) is 23.4 Å². The summed E-state index contributed by atoms with van der Waals surface area (Å²) in [6.45, 7) is 1.69. The van der Waals surface area contributed by atoms with Crippen LogP contribution >= 0.6 is 11.6 Å². The molecule has 1 aromatic carbocycles. The fourth-order valence-electron chi connectivity index (χ4n) is 2.37. The van der Waals surface area contributed by atoms with E-state index in [9.17, 15) is 0 Å². The summed E-state index contributed by atoms with van der Waals surface area (Å²) in [6, 6.07) is 3.69. The fourth-order valence-corrected chi connectivity index (χ4v) is 2.53. The molecule has 0 spiro atoms. The maximum atomic E-state index is 6.00. The maximum absolute atomic E-state index is 6.00. The fraction of sp³-hybridized carbons (Fsp3) is 0.462. The number of methoxy groups -OCH3 is 1. The molecule has 1 aromatic heterocycles. The Hall–Kier alpha value is -1.26. The quantitative estimate of drug-likeness (QED) is 0.865. The Balaban J connectivity index is 1.89. The summed E-state index contributed by atoms with van der Waals surface area (Å²) in [5, 5.41) is 6.14. The molecule has 2 N–H and O–H groups in total. The van der Waals surface area contributed by atoms with Crippen LogP contribution in [0.3, 0.4) is 0 Å². The van der Waals surface area contributed by atoms with E-state index < -0.39 is 0 Å². The van der Waals surface area contributed by atoms with Gasteiger partial charge in [0, 0.05) is 30.7 Å². The van der Waals surface area contributed by atoms with Crippen molar-refractivity contribution in [3.8, 4) is 0 Å². The highest BCUT2D eigenvalue weighted by molar-refractivity contribution is 6.33. The second kappa shape index (κ2) is 4.14. The molecule has 1 saturated carbocycles. The zero-order valence-corrected chi connectivity index (χ0v) is 11.1. The lowest BCUT2D eigenvalue weighted by Crippen LogP contribution is -2.17. The third-order valence-electron chi connectivity index (χ3n) is 3.58. The first-order chi connectivity index (χ1) is 8.62. The van der Waals surface area contributed by atoms with Crippen LogP contribution in [-0.4, -0.2) is 23.5 Å². The van der Waals surface area contributed by atoms with Gasteiger partial charge in [-0.05, 0) is 25.0 Å². The van der Waals surface area contributed by atoms with Gasteiger partial charge in [0.2, 0.25) is 0 Å². The average Bonchev–Trinajstić information content (AvgIpc) is 2.94. The van der Waals surface area contributed by atoms with Crippen LogP contribution in [-0.2, 0) is 11.3 Å². The van der Waals surface area contributed by atoms with Crippen molar-refractivity contribution in [1.82, 2.24) is 9.78 Å². The van der Waals surface area contributed by atoms with E-state index in [4.69, 9.17) is 22.1 Å². The Kier molecular flexibility index (Phi) is 2.72. The molecule has 1 fully saturated rings. The summed E-state index contributed by atoms with van der Waals surface area (Å²) in [7, 11) is 1.75. The molecule has 0 saturated heterocycles. The molecule has 1 aliphatic rings. The van der Waals surface area contributed by atoms with Crippen molar-refractivity contribution in [1.29, 1.82) is 0 Å². The van der Waals surface area contributed by atoms with E-state index in [1.165, 1.54) is 12.8 Å². The SMILES string of the molecule is COCC1(Cn2cc3cc(N)c(Cl)cc3n2)CC1. The van der Waals surface area contributed by atoms with E-state index in [1.54, 1.807) is 7.11 Å². The zero-order valence-electron chi connectivity index (χ0n) is 10.3. The largest absolute Gasteiger partial charge is 0.398 e. The molecule has 0 bridgehead atoms. The Morgan fingerprint density at radius 1 is 1.50 bits per heavy atom. The standard InChI is InChI=1S/C13H16ClN3O/c1-18-8-13(2-3-13)7-17-6-9-4-11(15)10(14)5-12(9)16-17/h4-6H,2-3,7-8,15H2,1H3. The molecule has 1 heterocycles. The number of benzene rings is 1. The van der Waals surface area contributed by atoms with Crippen LogP contribution in [0.25, 0.3) is 10.9 Å². The monoisotopic (exact) mass is 265 g/mol. The highest BCUT2D eigenvalue weighted by Crippen LogP contribution is 2.47.